The third-order valence-corrected chi connectivity index (χ3v) is 4.10. The van der Waals surface area contributed by atoms with Gasteiger partial charge in [0.05, 0.1) is 12.2 Å². The van der Waals surface area contributed by atoms with Crippen LogP contribution in [-0.4, -0.2) is 29.6 Å². The number of carbonyl (C=O) groups excluding carboxylic acids is 1. The van der Waals surface area contributed by atoms with Crippen LogP contribution in [0.25, 0.3) is 0 Å². The zero-order chi connectivity index (χ0) is 13.0. The molecular formula is C14H28N2O. The van der Waals surface area contributed by atoms with E-state index in [4.69, 9.17) is 0 Å². The first-order valence-electron chi connectivity index (χ1n) is 7.11. The van der Waals surface area contributed by atoms with Crippen LogP contribution in [0.5, 0.6) is 0 Å². The molecule has 17 heavy (non-hydrogen) atoms. The van der Waals surface area contributed by atoms with Gasteiger partial charge in [-0.25, -0.2) is 0 Å². The van der Waals surface area contributed by atoms with Gasteiger partial charge in [0.1, 0.15) is 0 Å². The molecule has 0 aromatic rings. The number of nitrogens with one attached hydrogen (secondary N) is 1. The van der Waals surface area contributed by atoms with E-state index in [1.165, 1.54) is 0 Å². The minimum Gasteiger partial charge on any atom is -0.326 e. The Morgan fingerprint density at radius 3 is 2.35 bits per heavy atom. The first-order valence-corrected chi connectivity index (χ1v) is 7.11. The van der Waals surface area contributed by atoms with Crippen molar-refractivity contribution in [2.24, 2.45) is 11.8 Å². The zero-order valence-corrected chi connectivity index (χ0v) is 12.0. The van der Waals surface area contributed by atoms with Crippen LogP contribution >= 0.6 is 0 Å². The lowest BCUT2D eigenvalue weighted by atomic mass is 9.99. The number of nitrogens with zero attached hydrogens (tertiary/aromatic N) is 1. The highest BCUT2D eigenvalue weighted by Crippen LogP contribution is 2.22. The Balaban J connectivity index is 2.71. The van der Waals surface area contributed by atoms with Crippen molar-refractivity contribution in [1.82, 2.24) is 10.2 Å². The maximum absolute atomic E-state index is 12.4. The van der Waals surface area contributed by atoms with Crippen molar-refractivity contribution in [3.05, 3.63) is 0 Å². The SMILES string of the molecule is CCC(C)CN1C(=O)C(C(C)CC)NC1CC. The fraction of sp³-hybridized carbons (Fsp3) is 0.929. The average molecular weight is 240 g/mol. The van der Waals surface area contributed by atoms with Gasteiger partial charge >= 0.3 is 0 Å². The lowest BCUT2D eigenvalue weighted by Gasteiger charge is -2.25. The number of carbonyl (C=O) groups is 1. The van der Waals surface area contributed by atoms with Crippen molar-refractivity contribution < 1.29 is 4.79 Å². The van der Waals surface area contributed by atoms with Crippen molar-refractivity contribution in [2.45, 2.75) is 66.1 Å². The molecule has 0 radical (unpaired) electrons. The normalized spacial score (nSPS) is 28.5. The lowest BCUT2D eigenvalue weighted by Crippen LogP contribution is -2.39. The topological polar surface area (TPSA) is 32.3 Å². The van der Waals surface area contributed by atoms with Crippen LogP contribution in [0.2, 0.25) is 0 Å². The van der Waals surface area contributed by atoms with E-state index in [0.717, 1.165) is 25.8 Å². The maximum Gasteiger partial charge on any atom is 0.241 e. The highest BCUT2D eigenvalue weighted by atomic mass is 16.2. The minimum atomic E-state index is 0.0361. The second-order valence-electron chi connectivity index (χ2n) is 5.46. The number of rotatable bonds is 6. The molecule has 0 aromatic carbocycles. The average Bonchev–Trinajstić information content (AvgIpc) is 2.65. The minimum absolute atomic E-state index is 0.0361. The molecule has 1 fully saturated rings. The number of amides is 1. The summed E-state index contributed by atoms with van der Waals surface area (Å²) in [5, 5.41) is 3.50. The van der Waals surface area contributed by atoms with Crippen molar-refractivity contribution >= 4 is 5.91 Å². The van der Waals surface area contributed by atoms with Gasteiger partial charge in [0.15, 0.2) is 0 Å². The van der Waals surface area contributed by atoms with E-state index in [9.17, 15) is 4.79 Å². The number of hydrogen-bond donors (Lipinski definition) is 1. The third kappa shape index (κ3) is 3.21. The van der Waals surface area contributed by atoms with Gasteiger partial charge in [-0.15, -0.1) is 0 Å². The van der Waals surface area contributed by atoms with Crippen molar-refractivity contribution in [3.63, 3.8) is 0 Å². The summed E-state index contributed by atoms with van der Waals surface area (Å²) in [6.07, 6.45) is 3.43. The Hall–Kier alpha value is -0.570. The summed E-state index contributed by atoms with van der Waals surface area (Å²) in [7, 11) is 0. The zero-order valence-electron chi connectivity index (χ0n) is 12.0. The van der Waals surface area contributed by atoms with E-state index in [2.05, 4.69) is 44.8 Å². The van der Waals surface area contributed by atoms with Gasteiger partial charge in [-0.2, -0.15) is 0 Å². The molecule has 1 saturated heterocycles. The Morgan fingerprint density at radius 2 is 1.88 bits per heavy atom. The summed E-state index contributed by atoms with van der Waals surface area (Å²) < 4.78 is 0. The summed E-state index contributed by atoms with van der Waals surface area (Å²) in [6, 6.07) is 0.0361. The van der Waals surface area contributed by atoms with E-state index in [-0.39, 0.29) is 12.2 Å². The summed E-state index contributed by atoms with van der Waals surface area (Å²) in [5.41, 5.74) is 0. The predicted molar refractivity (Wildman–Crippen MR) is 71.6 cm³/mol. The molecule has 100 valence electrons. The highest BCUT2D eigenvalue weighted by Gasteiger charge is 2.40. The first kappa shape index (κ1) is 14.5. The molecule has 0 aromatic heterocycles. The first-order chi connectivity index (χ1) is 8.04. The lowest BCUT2D eigenvalue weighted by molar-refractivity contribution is -0.131. The van der Waals surface area contributed by atoms with Gasteiger partial charge in [-0.3, -0.25) is 10.1 Å². The maximum atomic E-state index is 12.4. The van der Waals surface area contributed by atoms with Crippen molar-refractivity contribution in [1.29, 1.82) is 0 Å². The van der Waals surface area contributed by atoms with Crippen LogP contribution < -0.4 is 5.32 Å². The van der Waals surface area contributed by atoms with Crippen LogP contribution in [0.3, 0.4) is 0 Å². The van der Waals surface area contributed by atoms with Gasteiger partial charge in [-0.1, -0.05) is 47.5 Å². The molecule has 4 unspecified atom stereocenters. The summed E-state index contributed by atoms with van der Waals surface area (Å²) >= 11 is 0. The van der Waals surface area contributed by atoms with E-state index in [1.54, 1.807) is 0 Å². The molecule has 0 spiro atoms. The molecule has 4 atom stereocenters. The fourth-order valence-corrected chi connectivity index (χ4v) is 2.36. The van der Waals surface area contributed by atoms with Crippen molar-refractivity contribution in [2.75, 3.05) is 6.54 Å². The molecule has 1 heterocycles. The second kappa shape index (κ2) is 6.39. The van der Waals surface area contributed by atoms with E-state index < -0.39 is 0 Å². The van der Waals surface area contributed by atoms with Gasteiger partial charge < -0.3 is 4.90 Å². The van der Waals surface area contributed by atoms with Gasteiger partial charge in [0, 0.05) is 6.54 Å². The quantitative estimate of drug-likeness (QED) is 0.774. The van der Waals surface area contributed by atoms with Crippen molar-refractivity contribution in [3.8, 4) is 0 Å². The smallest absolute Gasteiger partial charge is 0.241 e. The monoisotopic (exact) mass is 240 g/mol. The highest BCUT2D eigenvalue weighted by molar-refractivity contribution is 5.84. The van der Waals surface area contributed by atoms with Crippen LogP contribution in [0.4, 0.5) is 0 Å². The Kier molecular flexibility index (Phi) is 5.44. The predicted octanol–water partition coefficient (Wildman–Crippen LogP) is 2.62. The molecule has 1 aliphatic heterocycles. The molecule has 1 N–H and O–H groups in total. The second-order valence-corrected chi connectivity index (χ2v) is 5.46. The summed E-state index contributed by atoms with van der Waals surface area (Å²) in [4.78, 5) is 14.5. The molecule has 0 bridgehead atoms. The molecule has 0 saturated carbocycles. The third-order valence-electron chi connectivity index (χ3n) is 4.10. The Labute approximate surface area is 106 Å². The number of hydrogen-bond acceptors (Lipinski definition) is 2. The van der Waals surface area contributed by atoms with Gasteiger partial charge in [0.2, 0.25) is 5.91 Å². The molecule has 0 aliphatic carbocycles. The fourth-order valence-electron chi connectivity index (χ4n) is 2.36. The Morgan fingerprint density at radius 1 is 1.24 bits per heavy atom. The molecule has 1 rings (SSSR count). The summed E-state index contributed by atoms with van der Waals surface area (Å²) in [6.45, 7) is 11.8. The van der Waals surface area contributed by atoms with E-state index in [1.807, 2.05) is 0 Å². The molecule has 1 amide bonds. The van der Waals surface area contributed by atoms with Gasteiger partial charge in [-0.05, 0) is 18.3 Å². The van der Waals surface area contributed by atoms with Gasteiger partial charge in [0.25, 0.3) is 0 Å². The van der Waals surface area contributed by atoms with Crippen LogP contribution in [-0.2, 0) is 4.79 Å². The van der Waals surface area contributed by atoms with Crippen LogP contribution in [0.1, 0.15) is 53.9 Å². The Bertz CT molecular complexity index is 255. The summed E-state index contributed by atoms with van der Waals surface area (Å²) in [5.74, 6) is 1.33. The van der Waals surface area contributed by atoms with E-state index >= 15 is 0 Å². The van der Waals surface area contributed by atoms with E-state index in [0.29, 0.717) is 17.7 Å². The molecule has 3 heteroatoms. The van der Waals surface area contributed by atoms with Crippen LogP contribution in [0, 0.1) is 11.8 Å². The standard InChI is InChI=1S/C14H28N2O/c1-6-10(4)9-16-12(8-3)15-13(14(16)17)11(5)7-2/h10-13,15H,6-9H2,1-5H3. The largest absolute Gasteiger partial charge is 0.326 e. The van der Waals surface area contributed by atoms with Crippen LogP contribution in [0.15, 0.2) is 0 Å². The molecule has 1 aliphatic rings. The molecular weight excluding hydrogens is 212 g/mol. The molecule has 3 nitrogen and oxygen atoms in total.